The summed E-state index contributed by atoms with van der Waals surface area (Å²) in [7, 11) is 0. The van der Waals surface area contributed by atoms with Crippen molar-refractivity contribution in [3.63, 3.8) is 0 Å². The number of rotatable bonds is 6. The third-order valence-electron chi connectivity index (χ3n) is 2.60. The van der Waals surface area contributed by atoms with Crippen LogP contribution < -0.4 is 10.6 Å². The number of hydrogen-bond donors (Lipinski definition) is 2. The number of nitrogens with one attached hydrogen (secondary N) is 2. The Morgan fingerprint density at radius 2 is 2.30 bits per heavy atom. The van der Waals surface area contributed by atoms with Crippen LogP contribution in [0.3, 0.4) is 0 Å². The summed E-state index contributed by atoms with van der Waals surface area (Å²) in [5, 5.41) is 19.9. The predicted molar refractivity (Wildman–Crippen MR) is 79.2 cm³/mol. The monoisotopic (exact) mass is 293 g/mol. The van der Waals surface area contributed by atoms with Crippen LogP contribution >= 0.6 is 11.3 Å². The first-order valence-corrected chi connectivity index (χ1v) is 7.05. The lowest BCUT2D eigenvalue weighted by Crippen LogP contribution is -2.11. The quantitative estimate of drug-likeness (QED) is 0.628. The number of anilines is 2. The van der Waals surface area contributed by atoms with Gasteiger partial charge in [-0.3, -0.25) is 10.1 Å². The smallest absolute Gasteiger partial charge is 0.311 e. The summed E-state index contributed by atoms with van der Waals surface area (Å²) in [6.07, 6.45) is 1.70. The van der Waals surface area contributed by atoms with Gasteiger partial charge in [0.1, 0.15) is 10.8 Å². The summed E-state index contributed by atoms with van der Waals surface area (Å²) >= 11 is 1.49. The minimum Gasteiger partial charge on any atom is -0.370 e. The van der Waals surface area contributed by atoms with Gasteiger partial charge in [-0.25, -0.2) is 9.97 Å². The van der Waals surface area contributed by atoms with E-state index >= 15 is 0 Å². The largest absolute Gasteiger partial charge is 0.370 e. The van der Waals surface area contributed by atoms with E-state index in [1.54, 1.807) is 12.3 Å². The topological polar surface area (TPSA) is 93.0 Å². The van der Waals surface area contributed by atoms with Gasteiger partial charge in [-0.15, -0.1) is 11.3 Å². The summed E-state index contributed by atoms with van der Waals surface area (Å²) in [6, 6.07) is 2.90. The maximum Gasteiger partial charge on any atom is 0.311 e. The Labute approximate surface area is 120 Å². The molecule has 0 aromatic carbocycles. The number of nitro groups is 1. The van der Waals surface area contributed by atoms with E-state index in [9.17, 15) is 10.1 Å². The van der Waals surface area contributed by atoms with Crippen molar-refractivity contribution in [1.82, 2.24) is 9.97 Å². The highest BCUT2D eigenvalue weighted by molar-refractivity contribution is 7.09. The van der Waals surface area contributed by atoms with Crippen LogP contribution in [0, 0.1) is 10.1 Å². The van der Waals surface area contributed by atoms with Crippen LogP contribution in [0.4, 0.5) is 17.3 Å². The first kappa shape index (κ1) is 14.2. The molecule has 2 heterocycles. The summed E-state index contributed by atoms with van der Waals surface area (Å²) in [5.41, 5.74) is -0.0462. The van der Waals surface area contributed by atoms with E-state index in [1.165, 1.54) is 17.4 Å². The molecule has 0 bridgehead atoms. The molecule has 0 aliphatic heterocycles. The third-order valence-corrected chi connectivity index (χ3v) is 3.56. The molecule has 2 aromatic heterocycles. The molecule has 0 spiro atoms. The first-order chi connectivity index (χ1) is 9.61. The first-order valence-electron chi connectivity index (χ1n) is 6.17. The van der Waals surface area contributed by atoms with Crippen LogP contribution in [0.2, 0.25) is 0 Å². The van der Waals surface area contributed by atoms with Gasteiger partial charge in [0.05, 0.1) is 11.0 Å². The number of aromatic nitrogens is 2. The van der Waals surface area contributed by atoms with Crippen molar-refractivity contribution in [2.75, 3.05) is 17.2 Å². The molecule has 20 heavy (non-hydrogen) atoms. The van der Waals surface area contributed by atoms with Crippen molar-refractivity contribution >= 4 is 28.7 Å². The lowest BCUT2D eigenvalue weighted by molar-refractivity contribution is -0.384. The second-order valence-corrected chi connectivity index (χ2v) is 5.01. The van der Waals surface area contributed by atoms with Gasteiger partial charge in [0.15, 0.2) is 0 Å². The van der Waals surface area contributed by atoms with Gasteiger partial charge in [-0.05, 0) is 19.9 Å². The molecule has 0 saturated carbocycles. The number of thiazole rings is 1. The minimum absolute atomic E-state index is 0.0462. The Morgan fingerprint density at radius 3 is 2.90 bits per heavy atom. The molecule has 0 amide bonds. The van der Waals surface area contributed by atoms with Gasteiger partial charge in [-0.2, -0.15) is 0 Å². The fourth-order valence-corrected chi connectivity index (χ4v) is 2.35. The van der Waals surface area contributed by atoms with Gasteiger partial charge in [-0.1, -0.05) is 0 Å². The Bertz CT molecular complexity index is 588. The van der Waals surface area contributed by atoms with Crippen molar-refractivity contribution in [3.8, 4) is 0 Å². The zero-order valence-corrected chi connectivity index (χ0v) is 12.0. The highest BCUT2D eigenvalue weighted by atomic mass is 32.1. The van der Waals surface area contributed by atoms with Crippen LogP contribution in [0.5, 0.6) is 0 Å². The molecule has 0 aliphatic rings. The van der Waals surface area contributed by atoms with Crippen LogP contribution in [-0.2, 0) is 0 Å². The summed E-state index contributed by atoms with van der Waals surface area (Å²) < 4.78 is 0. The van der Waals surface area contributed by atoms with E-state index in [0.717, 1.165) is 5.01 Å². The SMILES string of the molecule is CCNc1ccc([N+](=O)[O-])c(NC(C)c2nccs2)n1. The molecule has 2 rings (SSSR count). The standard InChI is InChI=1S/C12H15N5O2S/c1-3-13-10-5-4-9(17(18)19)11(16-10)15-8(2)12-14-6-7-20-12/h4-8H,3H2,1-2H3,(H2,13,15,16). The van der Waals surface area contributed by atoms with Crippen molar-refractivity contribution in [3.05, 3.63) is 38.8 Å². The van der Waals surface area contributed by atoms with E-state index in [4.69, 9.17) is 0 Å². The number of hydrogen-bond acceptors (Lipinski definition) is 7. The Hall–Kier alpha value is -2.22. The van der Waals surface area contributed by atoms with E-state index < -0.39 is 4.92 Å². The predicted octanol–water partition coefficient (Wildman–Crippen LogP) is 3.05. The van der Waals surface area contributed by atoms with E-state index in [2.05, 4.69) is 20.6 Å². The minimum atomic E-state index is -0.445. The summed E-state index contributed by atoms with van der Waals surface area (Å²) in [6.45, 7) is 4.53. The molecule has 1 atom stereocenters. The number of pyridine rings is 1. The average Bonchev–Trinajstić information content (AvgIpc) is 2.93. The molecule has 0 aliphatic carbocycles. The highest BCUT2D eigenvalue weighted by Gasteiger charge is 2.19. The summed E-state index contributed by atoms with van der Waals surface area (Å²) in [5.74, 6) is 0.850. The van der Waals surface area contributed by atoms with Gasteiger partial charge in [0.2, 0.25) is 5.82 Å². The normalized spacial score (nSPS) is 11.9. The molecule has 1 unspecified atom stereocenters. The molecular weight excluding hydrogens is 278 g/mol. The lowest BCUT2D eigenvalue weighted by Gasteiger charge is -2.13. The Kier molecular flexibility index (Phi) is 4.46. The zero-order chi connectivity index (χ0) is 14.5. The highest BCUT2D eigenvalue weighted by Crippen LogP contribution is 2.28. The van der Waals surface area contributed by atoms with E-state index in [-0.39, 0.29) is 17.5 Å². The van der Waals surface area contributed by atoms with E-state index in [1.807, 2.05) is 19.2 Å². The Balaban J connectivity index is 2.27. The molecule has 106 valence electrons. The molecule has 2 N–H and O–H groups in total. The molecule has 8 heteroatoms. The molecule has 7 nitrogen and oxygen atoms in total. The lowest BCUT2D eigenvalue weighted by atomic mass is 10.3. The maximum atomic E-state index is 11.1. The van der Waals surface area contributed by atoms with Crippen molar-refractivity contribution in [2.24, 2.45) is 0 Å². The van der Waals surface area contributed by atoms with Gasteiger partial charge in [0, 0.05) is 24.2 Å². The van der Waals surface area contributed by atoms with Crippen LogP contribution in [0.1, 0.15) is 24.9 Å². The second-order valence-electron chi connectivity index (χ2n) is 4.09. The fourth-order valence-electron chi connectivity index (χ4n) is 1.70. The molecule has 0 fully saturated rings. The Morgan fingerprint density at radius 1 is 1.50 bits per heavy atom. The summed E-state index contributed by atoms with van der Waals surface area (Å²) in [4.78, 5) is 19.0. The van der Waals surface area contributed by atoms with Crippen molar-refractivity contribution < 1.29 is 4.92 Å². The van der Waals surface area contributed by atoms with Crippen LogP contribution in [-0.4, -0.2) is 21.4 Å². The van der Waals surface area contributed by atoms with Crippen molar-refractivity contribution in [1.29, 1.82) is 0 Å². The molecule has 0 saturated heterocycles. The average molecular weight is 293 g/mol. The van der Waals surface area contributed by atoms with E-state index in [0.29, 0.717) is 12.4 Å². The fraction of sp³-hybridized carbons (Fsp3) is 0.333. The van der Waals surface area contributed by atoms with Crippen LogP contribution in [0.25, 0.3) is 0 Å². The van der Waals surface area contributed by atoms with Crippen LogP contribution in [0.15, 0.2) is 23.7 Å². The molecule has 2 aromatic rings. The molecule has 0 radical (unpaired) electrons. The zero-order valence-electron chi connectivity index (χ0n) is 11.2. The van der Waals surface area contributed by atoms with Gasteiger partial charge >= 0.3 is 5.69 Å². The van der Waals surface area contributed by atoms with Gasteiger partial charge in [0.25, 0.3) is 0 Å². The third kappa shape index (κ3) is 3.21. The number of nitrogens with zero attached hydrogens (tertiary/aromatic N) is 3. The second kappa shape index (κ2) is 6.29. The van der Waals surface area contributed by atoms with Crippen molar-refractivity contribution in [2.45, 2.75) is 19.9 Å². The van der Waals surface area contributed by atoms with Gasteiger partial charge < -0.3 is 10.6 Å². The maximum absolute atomic E-state index is 11.1. The molecular formula is C12H15N5O2S.